The molecule has 3 heteroatoms. The molecule has 1 aliphatic carbocycles. The maximum Gasteiger partial charge on any atom is 0.251 e. The van der Waals surface area contributed by atoms with Gasteiger partial charge in [0, 0.05) is 11.6 Å². The molecule has 1 aromatic rings. The summed E-state index contributed by atoms with van der Waals surface area (Å²) in [6, 6.07) is 7.94. The topological polar surface area (TPSA) is 29.1 Å². The van der Waals surface area contributed by atoms with E-state index in [2.05, 4.69) is 26.1 Å². The molecule has 0 saturated heterocycles. The molecule has 0 radical (unpaired) electrons. The minimum Gasteiger partial charge on any atom is -0.348 e. The zero-order valence-electron chi connectivity index (χ0n) is 11.9. The van der Waals surface area contributed by atoms with Crippen molar-refractivity contribution in [2.24, 2.45) is 0 Å². The Balaban J connectivity index is 2.20. The van der Waals surface area contributed by atoms with Crippen LogP contribution < -0.4 is 5.32 Å². The van der Waals surface area contributed by atoms with E-state index in [4.69, 9.17) is 11.6 Å². The third-order valence-corrected chi connectivity index (χ3v) is 4.25. The number of benzene rings is 1. The first-order chi connectivity index (χ1) is 8.89. The second-order valence-electron chi connectivity index (χ2n) is 6.32. The largest absolute Gasteiger partial charge is 0.348 e. The van der Waals surface area contributed by atoms with Gasteiger partial charge < -0.3 is 5.32 Å². The van der Waals surface area contributed by atoms with Crippen molar-refractivity contribution < 1.29 is 4.79 Å². The van der Waals surface area contributed by atoms with E-state index in [1.165, 1.54) is 0 Å². The summed E-state index contributed by atoms with van der Waals surface area (Å²) in [4.78, 5) is 12.4. The van der Waals surface area contributed by atoms with E-state index in [0.717, 1.165) is 30.4 Å². The first-order valence-corrected chi connectivity index (χ1v) is 7.37. The summed E-state index contributed by atoms with van der Waals surface area (Å²) in [6.45, 7) is 6.37. The molecule has 1 saturated carbocycles. The number of alkyl halides is 1. The standard InChI is InChI=1S/C16H22ClNO/c1-16(2,3)12-8-5-4-7-11(12)15(19)18-14-10-6-9-13(14)17/h4-5,7-8,13-14H,6,9-10H2,1-3H3,(H,18,19). The van der Waals surface area contributed by atoms with Crippen molar-refractivity contribution in [3.05, 3.63) is 35.4 Å². The maximum atomic E-state index is 12.4. The lowest BCUT2D eigenvalue weighted by atomic mass is 9.83. The van der Waals surface area contributed by atoms with Gasteiger partial charge in [-0.25, -0.2) is 0 Å². The van der Waals surface area contributed by atoms with Gasteiger partial charge in [0.05, 0.1) is 5.38 Å². The summed E-state index contributed by atoms with van der Waals surface area (Å²) in [7, 11) is 0. The summed E-state index contributed by atoms with van der Waals surface area (Å²) in [5.74, 6) is 0.00285. The lowest BCUT2D eigenvalue weighted by Crippen LogP contribution is -2.38. The highest BCUT2D eigenvalue weighted by molar-refractivity contribution is 6.21. The summed E-state index contributed by atoms with van der Waals surface area (Å²) in [6.07, 6.45) is 3.07. The molecule has 0 aliphatic heterocycles. The van der Waals surface area contributed by atoms with E-state index in [0.29, 0.717) is 0 Å². The Kier molecular flexibility index (Phi) is 4.19. The van der Waals surface area contributed by atoms with E-state index in [1.54, 1.807) is 0 Å². The van der Waals surface area contributed by atoms with Crippen molar-refractivity contribution in [2.75, 3.05) is 0 Å². The highest BCUT2D eigenvalue weighted by Gasteiger charge is 2.28. The first kappa shape index (κ1) is 14.4. The van der Waals surface area contributed by atoms with Gasteiger partial charge in [-0.3, -0.25) is 4.79 Å². The number of rotatable bonds is 2. The summed E-state index contributed by atoms with van der Waals surface area (Å²) < 4.78 is 0. The van der Waals surface area contributed by atoms with Gasteiger partial charge in [0.2, 0.25) is 0 Å². The molecule has 1 aliphatic rings. The van der Waals surface area contributed by atoms with Crippen LogP contribution in [0, 0.1) is 0 Å². The zero-order valence-corrected chi connectivity index (χ0v) is 12.6. The molecular weight excluding hydrogens is 258 g/mol. The van der Waals surface area contributed by atoms with E-state index >= 15 is 0 Å². The van der Waals surface area contributed by atoms with Crippen LogP contribution in [0.4, 0.5) is 0 Å². The van der Waals surface area contributed by atoms with Gasteiger partial charge >= 0.3 is 0 Å². The van der Waals surface area contributed by atoms with Gasteiger partial charge in [0.15, 0.2) is 0 Å². The third kappa shape index (κ3) is 3.30. The lowest BCUT2D eigenvalue weighted by molar-refractivity contribution is 0.0936. The maximum absolute atomic E-state index is 12.4. The van der Waals surface area contributed by atoms with Crippen LogP contribution in [0.1, 0.15) is 56.0 Å². The summed E-state index contributed by atoms with van der Waals surface area (Å²) in [5.41, 5.74) is 1.81. The van der Waals surface area contributed by atoms with Gasteiger partial charge in [-0.2, -0.15) is 0 Å². The van der Waals surface area contributed by atoms with E-state index in [1.807, 2.05) is 24.3 Å². The van der Waals surface area contributed by atoms with Gasteiger partial charge in [-0.1, -0.05) is 39.0 Å². The average molecular weight is 280 g/mol. The molecule has 0 heterocycles. The van der Waals surface area contributed by atoms with Crippen LogP contribution >= 0.6 is 11.6 Å². The van der Waals surface area contributed by atoms with Gasteiger partial charge in [0.1, 0.15) is 0 Å². The monoisotopic (exact) mass is 279 g/mol. The highest BCUT2D eigenvalue weighted by Crippen LogP contribution is 2.27. The van der Waals surface area contributed by atoms with Crippen LogP contribution in [-0.4, -0.2) is 17.3 Å². The molecule has 19 heavy (non-hydrogen) atoms. The molecule has 0 bridgehead atoms. The first-order valence-electron chi connectivity index (χ1n) is 6.94. The van der Waals surface area contributed by atoms with Gasteiger partial charge in [-0.05, 0) is 36.3 Å². The van der Waals surface area contributed by atoms with Crippen LogP contribution in [0.5, 0.6) is 0 Å². The molecule has 1 aromatic carbocycles. The van der Waals surface area contributed by atoms with Crippen LogP contribution in [0.25, 0.3) is 0 Å². The van der Waals surface area contributed by atoms with Crippen molar-refractivity contribution >= 4 is 17.5 Å². The van der Waals surface area contributed by atoms with E-state index in [-0.39, 0.29) is 22.7 Å². The summed E-state index contributed by atoms with van der Waals surface area (Å²) in [5, 5.41) is 3.16. The van der Waals surface area contributed by atoms with Gasteiger partial charge in [-0.15, -0.1) is 11.6 Å². The third-order valence-electron chi connectivity index (χ3n) is 3.73. The molecule has 1 N–H and O–H groups in total. The summed E-state index contributed by atoms with van der Waals surface area (Å²) >= 11 is 6.22. The fraction of sp³-hybridized carbons (Fsp3) is 0.562. The minimum absolute atomic E-state index is 0.00285. The quantitative estimate of drug-likeness (QED) is 0.818. The number of hydrogen-bond acceptors (Lipinski definition) is 1. The average Bonchev–Trinajstić information content (AvgIpc) is 2.74. The number of hydrogen-bond donors (Lipinski definition) is 1. The van der Waals surface area contributed by atoms with Crippen LogP contribution in [0.3, 0.4) is 0 Å². The van der Waals surface area contributed by atoms with Crippen LogP contribution in [-0.2, 0) is 5.41 Å². The fourth-order valence-corrected chi connectivity index (χ4v) is 3.00. The zero-order chi connectivity index (χ0) is 14.0. The predicted octanol–water partition coefficient (Wildman–Crippen LogP) is 3.87. The number of carbonyl (C=O) groups is 1. The molecule has 0 spiro atoms. The second-order valence-corrected chi connectivity index (χ2v) is 6.88. The van der Waals surface area contributed by atoms with Crippen molar-refractivity contribution in [3.8, 4) is 0 Å². The molecule has 1 amide bonds. The van der Waals surface area contributed by atoms with Crippen molar-refractivity contribution in [1.82, 2.24) is 5.32 Å². The van der Waals surface area contributed by atoms with Crippen LogP contribution in [0.2, 0.25) is 0 Å². The molecule has 2 nitrogen and oxygen atoms in total. The Morgan fingerprint density at radius 1 is 1.26 bits per heavy atom. The van der Waals surface area contributed by atoms with E-state index < -0.39 is 0 Å². The Labute approximate surface area is 120 Å². The van der Waals surface area contributed by atoms with Crippen LogP contribution in [0.15, 0.2) is 24.3 Å². The van der Waals surface area contributed by atoms with E-state index in [9.17, 15) is 4.79 Å². The molecule has 2 rings (SSSR count). The number of halogens is 1. The highest BCUT2D eigenvalue weighted by atomic mass is 35.5. The normalized spacial score (nSPS) is 23.4. The van der Waals surface area contributed by atoms with Crippen molar-refractivity contribution in [2.45, 2.75) is 56.9 Å². The number of carbonyl (C=O) groups excluding carboxylic acids is 1. The Hall–Kier alpha value is -1.02. The van der Waals surface area contributed by atoms with Gasteiger partial charge in [0.25, 0.3) is 5.91 Å². The lowest BCUT2D eigenvalue weighted by Gasteiger charge is -2.24. The van der Waals surface area contributed by atoms with Crippen molar-refractivity contribution in [1.29, 1.82) is 0 Å². The van der Waals surface area contributed by atoms with Crippen molar-refractivity contribution in [3.63, 3.8) is 0 Å². The Morgan fingerprint density at radius 2 is 1.95 bits per heavy atom. The molecular formula is C16H22ClNO. The number of nitrogens with one attached hydrogen (secondary N) is 1. The molecule has 0 aromatic heterocycles. The smallest absolute Gasteiger partial charge is 0.251 e. The molecule has 2 atom stereocenters. The Bertz CT molecular complexity index is 464. The Morgan fingerprint density at radius 3 is 2.53 bits per heavy atom. The molecule has 2 unspecified atom stereocenters. The number of amides is 1. The minimum atomic E-state index is -0.0377. The predicted molar refractivity (Wildman–Crippen MR) is 79.9 cm³/mol. The molecule has 104 valence electrons. The molecule has 1 fully saturated rings. The second kappa shape index (κ2) is 5.54. The fourth-order valence-electron chi connectivity index (χ4n) is 2.66. The SMILES string of the molecule is CC(C)(C)c1ccccc1C(=O)NC1CCCC1Cl.